The first-order chi connectivity index (χ1) is 12.2. The van der Waals surface area contributed by atoms with Crippen LogP contribution in [0.25, 0.3) is 0 Å². The molecule has 0 spiro atoms. The molecule has 1 aliphatic rings. The van der Waals surface area contributed by atoms with Gasteiger partial charge in [0.15, 0.2) is 0 Å². The Bertz CT molecular complexity index is 716. The smallest absolute Gasteiger partial charge is 0.145 e. The van der Waals surface area contributed by atoms with Gasteiger partial charge in [-0.1, -0.05) is 60.7 Å². The fourth-order valence-corrected chi connectivity index (χ4v) is 3.70. The van der Waals surface area contributed by atoms with Crippen molar-refractivity contribution in [1.29, 1.82) is 0 Å². The number of benzene rings is 2. The van der Waals surface area contributed by atoms with Gasteiger partial charge in [0.2, 0.25) is 0 Å². The Kier molecular flexibility index (Phi) is 6.24. The topological polar surface area (TPSA) is 52.6 Å². The minimum absolute atomic E-state index is 0.223. The van der Waals surface area contributed by atoms with Crippen LogP contribution in [0.1, 0.15) is 30.4 Å². The number of hydrogen-bond donors (Lipinski definition) is 1. The molecule has 2 aromatic rings. The van der Waals surface area contributed by atoms with Crippen LogP contribution >= 0.6 is 0 Å². The lowest BCUT2D eigenvalue weighted by Crippen LogP contribution is -2.27. The summed E-state index contributed by atoms with van der Waals surface area (Å²) >= 11 is 0. The highest BCUT2D eigenvalue weighted by Gasteiger charge is 2.48. The molecule has 1 atom stereocenters. The van der Waals surface area contributed by atoms with Crippen LogP contribution in [0.3, 0.4) is 0 Å². The minimum atomic E-state index is -2.42. The van der Waals surface area contributed by atoms with E-state index in [2.05, 4.69) is 0 Å². The Labute approximate surface area is 150 Å². The van der Waals surface area contributed by atoms with E-state index in [-0.39, 0.29) is 6.10 Å². The van der Waals surface area contributed by atoms with Crippen molar-refractivity contribution in [2.75, 3.05) is 6.61 Å². The Balaban J connectivity index is 1.56. The third kappa shape index (κ3) is 5.39. The largest absolute Gasteiger partial charge is 0.374 e. The second-order valence-electron chi connectivity index (χ2n) is 6.60. The van der Waals surface area contributed by atoms with Crippen LogP contribution in [0, 0.1) is 0 Å². The molecule has 0 heterocycles. The predicted octanol–water partition coefficient (Wildman–Crippen LogP) is 3.32. The van der Waals surface area contributed by atoms with Gasteiger partial charge in [-0.3, -0.25) is 0 Å². The van der Waals surface area contributed by atoms with Crippen LogP contribution < -0.4 is 0 Å². The van der Waals surface area contributed by atoms with Gasteiger partial charge in [-0.2, -0.15) is 0 Å². The molecule has 5 heteroatoms. The molecule has 3 rings (SSSR count). The second-order valence-corrected chi connectivity index (χ2v) is 8.07. The molecule has 0 unspecified atom stereocenters. The van der Waals surface area contributed by atoms with E-state index in [4.69, 9.17) is 9.47 Å². The maximum Gasteiger partial charge on any atom is 0.145 e. The predicted molar refractivity (Wildman–Crippen MR) is 98.0 cm³/mol. The van der Waals surface area contributed by atoms with Gasteiger partial charge in [0.05, 0.1) is 30.7 Å². The Morgan fingerprint density at radius 3 is 1.96 bits per heavy atom. The van der Waals surface area contributed by atoms with Crippen LogP contribution in [0.2, 0.25) is 0 Å². The summed E-state index contributed by atoms with van der Waals surface area (Å²) in [5.74, 6) is 0. The van der Waals surface area contributed by atoms with Crippen LogP contribution in [-0.4, -0.2) is 25.9 Å². The average Bonchev–Trinajstić information content (AvgIpc) is 3.42. The maximum atomic E-state index is 11.5. The van der Waals surface area contributed by atoms with Gasteiger partial charge in [-0.25, -0.2) is 8.42 Å². The van der Waals surface area contributed by atoms with Gasteiger partial charge < -0.3 is 9.47 Å². The zero-order chi connectivity index (χ0) is 17.5. The summed E-state index contributed by atoms with van der Waals surface area (Å²) in [6.07, 6.45) is 1.75. The van der Waals surface area contributed by atoms with Crippen molar-refractivity contribution in [1.82, 2.24) is 0 Å². The molecule has 4 nitrogen and oxygen atoms in total. The van der Waals surface area contributed by atoms with E-state index in [1.54, 1.807) is 0 Å². The Morgan fingerprint density at radius 1 is 0.880 bits per heavy atom. The molecular formula is C20H24O4S. The lowest BCUT2D eigenvalue weighted by molar-refractivity contribution is -0.0344. The van der Waals surface area contributed by atoms with E-state index in [0.29, 0.717) is 26.2 Å². The van der Waals surface area contributed by atoms with Gasteiger partial charge in [0, 0.05) is 0 Å². The average molecular weight is 360 g/mol. The van der Waals surface area contributed by atoms with E-state index >= 15 is 0 Å². The normalized spacial score (nSPS) is 16.7. The SMILES string of the molecule is O=[SH](=O)C1(C[C@H](COCc2ccccc2)OCc2ccccc2)CC1. The van der Waals surface area contributed by atoms with Gasteiger partial charge >= 0.3 is 0 Å². The van der Waals surface area contributed by atoms with E-state index in [1.165, 1.54) is 0 Å². The summed E-state index contributed by atoms with van der Waals surface area (Å²) in [6.45, 7) is 1.36. The molecule has 0 saturated heterocycles. The number of ether oxygens (including phenoxy) is 2. The van der Waals surface area contributed by atoms with E-state index in [0.717, 1.165) is 24.0 Å². The summed E-state index contributed by atoms with van der Waals surface area (Å²) in [7, 11) is -2.42. The first-order valence-corrected chi connectivity index (χ1v) is 9.77. The fourth-order valence-electron chi connectivity index (χ4n) is 2.87. The number of thiol groups is 1. The Morgan fingerprint density at radius 2 is 1.44 bits per heavy atom. The fraction of sp³-hybridized carbons (Fsp3) is 0.400. The summed E-state index contributed by atoms with van der Waals surface area (Å²) in [6, 6.07) is 19.8. The van der Waals surface area contributed by atoms with Crippen molar-refractivity contribution in [3.05, 3.63) is 71.8 Å². The van der Waals surface area contributed by atoms with E-state index in [9.17, 15) is 8.42 Å². The molecule has 1 saturated carbocycles. The van der Waals surface area contributed by atoms with Crippen LogP contribution in [0.4, 0.5) is 0 Å². The van der Waals surface area contributed by atoms with Crippen molar-refractivity contribution in [2.45, 2.75) is 43.3 Å². The number of rotatable bonds is 10. The molecule has 0 N–H and O–H groups in total. The van der Waals surface area contributed by atoms with Crippen molar-refractivity contribution < 1.29 is 17.9 Å². The van der Waals surface area contributed by atoms with Crippen molar-refractivity contribution in [3.8, 4) is 0 Å². The zero-order valence-corrected chi connectivity index (χ0v) is 15.1. The van der Waals surface area contributed by atoms with Crippen molar-refractivity contribution in [2.24, 2.45) is 0 Å². The Hall–Kier alpha value is -1.69. The summed E-state index contributed by atoms with van der Waals surface area (Å²) < 4.78 is 34.3. The lowest BCUT2D eigenvalue weighted by atomic mass is 10.1. The van der Waals surface area contributed by atoms with Gasteiger partial charge in [0.1, 0.15) is 10.7 Å². The molecule has 0 aliphatic heterocycles. The van der Waals surface area contributed by atoms with Gasteiger partial charge in [0.25, 0.3) is 0 Å². The van der Waals surface area contributed by atoms with Gasteiger partial charge in [-0.15, -0.1) is 0 Å². The minimum Gasteiger partial charge on any atom is -0.374 e. The summed E-state index contributed by atoms with van der Waals surface area (Å²) in [5.41, 5.74) is 2.17. The third-order valence-corrected chi connectivity index (χ3v) is 5.97. The molecule has 2 aromatic carbocycles. The molecule has 0 aromatic heterocycles. The zero-order valence-electron chi connectivity index (χ0n) is 14.2. The van der Waals surface area contributed by atoms with E-state index < -0.39 is 15.5 Å². The quantitative estimate of drug-likeness (QED) is 0.661. The molecule has 0 bridgehead atoms. The van der Waals surface area contributed by atoms with Crippen LogP contribution in [0.15, 0.2) is 60.7 Å². The lowest BCUT2D eigenvalue weighted by Gasteiger charge is -2.21. The highest BCUT2D eigenvalue weighted by Crippen LogP contribution is 2.43. The monoisotopic (exact) mass is 360 g/mol. The number of hydrogen-bond acceptors (Lipinski definition) is 4. The molecule has 25 heavy (non-hydrogen) atoms. The van der Waals surface area contributed by atoms with Crippen molar-refractivity contribution >= 4 is 10.7 Å². The maximum absolute atomic E-state index is 11.5. The second kappa shape index (κ2) is 8.61. The molecule has 0 amide bonds. The van der Waals surface area contributed by atoms with Crippen LogP contribution in [-0.2, 0) is 33.4 Å². The van der Waals surface area contributed by atoms with Gasteiger partial charge in [-0.05, 0) is 30.4 Å². The standard InChI is InChI=1S/C20H24O4S/c21-25(22)20(11-12-20)13-19(24-15-18-9-5-2-6-10-18)16-23-14-17-7-3-1-4-8-17/h1-10,19,25H,11-16H2/t19-/m1/s1. The molecule has 0 radical (unpaired) electrons. The molecule has 1 aliphatic carbocycles. The van der Waals surface area contributed by atoms with Crippen molar-refractivity contribution in [3.63, 3.8) is 0 Å². The molecule has 134 valence electrons. The van der Waals surface area contributed by atoms with E-state index in [1.807, 2.05) is 60.7 Å². The molecule has 1 fully saturated rings. The summed E-state index contributed by atoms with van der Waals surface area (Å²) in [4.78, 5) is 0. The molecular weight excluding hydrogens is 336 g/mol. The third-order valence-electron chi connectivity index (χ3n) is 4.57. The van der Waals surface area contributed by atoms with Crippen LogP contribution in [0.5, 0.6) is 0 Å². The highest BCUT2D eigenvalue weighted by atomic mass is 32.2. The summed E-state index contributed by atoms with van der Waals surface area (Å²) in [5, 5.41) is 0. The highest BCUT2D eigenvalue weighted by molar-refractivity contribution is 7.74. The first-order valence-electron chi connectivity index (χ1n) is 8.60. The first kappa shape index (κ1) is 18.1.